The van der Waals surface area contributed by atoms with Gasteiger partial charge in [0.25, 0.3) is 17.7 Å². The van der Waals surface area contributed by atoms with Crippen molar-refractivity contribution >= 4 is 52.6 Å². The number of imide groups is 2. The highest BCUT2D eigenvalue weighted by atomic mass is 35.5. The van der Waals surface area contributed by atoms with Crippen molar-refractivity contribution in [3.05, 3.63) is 75.7 Å². The maximum atomic E-state index is 15.7. The molecule has 6 aliphatic rings. The van der Waals surface area contributed by atoms with Crippen LogP contribution in [0.4, 0.5) is 15.9 Å². The molecule has 1 aliphatic carbocycles. The normalized spacial score (nSPS) is 25.9. The number of carbonyl (C=O) groups excluding carboxylic acids is 5. The lowest BCUT2D eigenvalue weighted by molar-refractivity contribution is -0.136. The molecule has 312 valence electrons. The van der Waals surface area contributed by atoms with Crippen LogP contribution in [0.1, 0.15) is 101 Å². The molecule has 2 aromatic carbocycles. The summed E-state index contributed by atoms with van der Waals surface area (Å²) in [5.41, 5.74) is 0.999. The number of rotatable bonds is 9. The predicted octanol–water partition coefficient (Wildman–Crippen LogP) is 4.23. The topological polar surface area (TPSA) is 181 Å². The first-order valence-corrected chi connectivity index (χ1v) is 21.2. The lowest BCUT2D eigenvalue weighted by Gasteiger charge is -2.44. The maximum absolute atomic E-state index is 15.7. The molecule has 5 fully saturated rings. The number of anilines is 2. The summed E-state index contributed by atoms with van der Waals surface area (Å²) >= 11 is 6.15. The molecule has 9 rings (SSSR count). The highest BCUT2D eigenvalue weighted by Crippen LogP contribution is 2.38. The Kier molecular flexibility index (Phi) is 10.9. The predicted molar refractivity (Wildman–Crippen MR) is 216 cm³/mol. The Morgan fingerprint density at radius 2 is 1.60 bits per heavy atom. The number of piperidine rings is 2. The maximum Gasteiger partial charge on any atom is 0.272 e. The zero-order valence-corrected chi connectivity index (χ0v) is 33.7. The number of aromatic nitrogens is 2. The third-order valence-corrected chi connectivity index (χ3v) is 13.5. The quantitative estimate of drug-likeness (QED) is 0.294. The van der Waals surface area contributed by atoms with Crippen molar-refractivity contribution < 1.29 is 33.1 Å². The van der Waals surface area contributed by atoms with Gasteiger partial charge in [-0.05, 0) is 100 Å². The van der Waals surface area contributed by atoms with Crippen molar-refractivity contribution in [2.75, 3.05) is 42.5 Å². The average molecular weight is 838 g/mol. The van der Waals surface area contributed by atoms with Crippen LogP contribution in [0.5, 0.6) is 5.75 Å². The minimum Gasteiger partial charge on any atom is -0.490 e. The van der Waals surface area contributed by atoms with E-state index in [-0.39, 0.29) is 65.5 Å². The van der Waals surface area contributed by atoms with Crippen LogP contribution in [-0.4, -0.2) is 113 Å². The number of benzene rings is 2. The zero-order chi connectivity index (χ0) is 41.7. The summed E-state index contributed by atoms with van der Waals surface area (Å²) < 4.78 is 21.8. The molecule has 2 bridgehead atoms. The Bertz CT molecular complexity index is 2260. The third-order valence-electron chi connectivity index (χ3n) is 13.1. The first-order chi connectivity index (χ1) is 29.0. The van der Waals surface area contributed by atoms with E-state index >= 15 is 4.39 Å². The first kappa shape index (κ1) is 39.8. The average Bonchev–Trinajstić information content (AvgIpc) is 3.61. The van der Waals surface area contributed by atoms with Crippen LogP contribution in [0, 0.1) is 23.1 Å². The summed E-state index contributed by atoms with van der Waals surface area (Å²) in [4.78, 5) is 71.5. The molecule has 3 atom stereocenters. The summed E-state index contributed by atoms with van der Waals surface area (Å²) in [7, 11) is 0. The number of nitrogens with one attached hydrogen (secondary N) is 2. The van der Waals surface area contributed by atoms with Crippen LogP contribution in [0.15, 0.2) is 42.5 Å². The first-order valence-electron chi connectivity index (χ1n) is 20.8. The fourth-order valence-electron chi connectivity index (χ4n) is 9.90. The molecule has 5 amide bonds. The number of nitrogens with zero attached hydrogens (tertiary/aromatic N) is 7. The number of nitriles is 1. The van der Waals surface area contributed by atoms with Crippen molar-refractivity contribution in [2.24, 2.45) is 5.92 Å². The van der Waals surface area contributed by atoms with E-state index in [0.29, 0.717) is 35.3 Å². The largest absolute Gasteiger partial charge is 0.490 e. The second-order valence-electron chi connectivity index (χ2n) is 16.8. The van der Waals surface area contributed by atoms with Crippen molar-refractivity contribution in [3.8, 4) is 11.8 Å². The van der Waals surface area contributed by atoms with Crippen LogP contribution in [0.2, 0.25) is 5.02 Å². The lowest BCUT2D eigenvalue weighted by Crippen LogP contribution is -2.55. The molecular formula is C43H45ClFN9O6. The van der Waals surface area contributed by atoms with Crippen molar-refractivity contribution in [1.29, 1.82) is 5.26 Å². The second kappa shape index (κ2) is 16.4. The molecule has 1 saturated carbocycles. The van der Waals surface area contributed by atoms with Crippen LogP contribution in [0.3, 0.4) is 0 Å². The minimum atomic E-state index is -1.10. The number of fused-ring (bicyclic) bond motifs is 3. The van der Waals surface area contributed by atoms with Gasteiger partial charge in [0.1, 0.15) is 23.7 Å². The Morgan fingerprint density at radius 3 is 2.25 bits per heavy atom. The number of piperazine rings is 1. The molecule has 17 heteroatoms. The van der Waals surface area contributed by atoms with E-state index in [1.165, 1.54) is 6.07 Å². The number of carbonyl (C=O) groups is 5. The number of hydrogen-bond acceptors (Lipinski definition) is 12. The van der Waals surface area contributed by atoms with E-state index in [9.17, 15) is 24.0 Å². The molecule has 15 nitrogen and oxygen atoms in total. The second-order valence-corrected chi connectivity index (χ2v) is 17.2. The van der Waals surface area contributed by atoms with Gasteiger partial charge in [0.2, 0.25) is 11.8 Å². The van der Waals surface area contributed by atoms with Gasteiger partial charge in [0.15, 0.2) is 11.5 Å². The summed E-state index contributed by atoms with van der Waals surface area (Å²) in [6, 6.07) is 12.7. The Hall–Kier alpha value is -5.66. The van der Waals surface area contributed by atoms with Crippen molar-refractivity contribution in [3.63, 3.8) is 0 Å². The van der Waals surface area contributed by atoms with Gasteiger partial charge in [-0.25, -0.2) is 4.39 Å². The van der Waals surface area contributed by atoms with E-state index < -0.39 is 35.5 Å². The van der Waals surface area contributed by atoms with Gasteiger partial charge in [-0.2, -0.15) is 5.26 Å². The van der Waals surface area contributed by atoms with Gasteiger partial charge in [0.05, 0.1) is 33.5 Å². The summed E-state index contributed by atoms with van der Waals surface area (Å²) in [5, 5.41) is 23.5. The summed E-state index contributed by atoms with van der Waals surface area (Å²) in [6.45, 7) is 3.79. The molecule has 0 radical (unpaired) electrons. The molecule has 5 aliphatic heterocycles. The van der Waals surface area contributed by atoms with Gasteiger partial charge >= 0.3 is 0 Å². The number of halogens is 2. The number of amides is 5. The Labute approximate surface area is 351 Å². The molecule has 3 unspecified atom stereocenters. The Morgan fingerprint density at radius 1 is 0.883 bits per heavy atom. The Balaban J connectivity index is 0.737. The van der Waals surface area contributed by atoms with Crippen molar-refractivity contribution in [2.45, 2.75) is 94.5 Å². The summed E-state index contributed by atoms with van der Waals surface area (Å²) in [5.74, 6) is -1.47. The smallest absolute Gasteiger partial charge is 0.272 e. The zero-order valence-electron chi connectivity index (χ0n) is 32.9. The van der Waals surface area contributed by atoms with E-state index in [2.05, 4.69) is 30.6 Å². The fourth-order valence-corrected chi connectivity index (χ4v) is 10.1. The standard InChI is InChI=1S/C43H45ClFN9O6/c44-33-17-30(6-1-25(33)20-46)60-29-7-2-26(3-8-29)47-40(56)35-9-11-38(50-49-35)51-15-13-24(14-16-51)21-53-27-4-5-28(53)23-52(22-27)37-19-32-31(18-34(37)45)42(58)54(43(32)59)36-10-12-39(55)48-41(36)57/h1,6,9,11,17-19,24,26-29,36H,2-5,7-8,10,12-16,21-23H2,(H,47,56)(H,48,55,57)/t26-,27?,28?,29-,36?. The SMILES string of the molecule is N#Cc1ccc(O[C@H]2CC[C@H](NC(=O)c3ccc(N4CCC(CN5C6CCC5CN(c5cc7c(cc5F)C(=O)N(C5CCC(=O)NC5=O)C7=O)C6)CC4)nn3)CC2)cc1Cl. The molecule has 3 aromatic rings. The molecule has 6 heterocycles. The highest BCUT2D eigenvalue weighted by molar-refractivity contribution is 6.31. The van der Waals surface area contributed by atoms with Crippen LogP contribution >= 0.6 is 11.6 Å². The third kappa shape index (κ3) is 7.76. The number of ether oxygens (including phenoxy) is 1. The minimum absolute atomic E-state index is 0.00541. The molecule has 4 saturated heterocycles. The van der Waals surface area contributed by atoms with E-state index in [4.69, 9.17) is 21.6 Å². The van der Waals surface area contributed by atoms with Gasteiger partial charge in [-0.1, -0.05) is 11.6 Å². The van der Waals surface area contributed by atoms with Gasteiger partial charge in [-0.3, -0.25) is 39.1 Å². The van der Waals surface area contributed by atoms with Gasteiger partial charge in [0, 0.05) is 63.3 Å². The van der Waals surface area contributed by atoms with E-state index in [0.717, 1.165) is 87.8 Å². The molecule has 0 spiro atoms. The van der Waals surface area contributed by atoms with Gasteiger partial charge < -0.3 is 19.9 Å². The molecular weight excluding hydrogens is 793 g/mol. The lowest BCUT2D eigenvalue weighted by atomic mass is 9.92. The van der Waals surface area contributed by atoms with Crippen molar-refractivity contribution in [1.82, 2.24) is 30.6 Å². The highest BCUT2D eigenvalue weighted by Gasteiger charge is 2.47. The van der Waals surface area contributed by atoms with Crippen LogP contribution < -0.4 is 25.2 Å². The number of hydrogen-bond donors (Lipinski definition) is 2. The van der Waals surface area contributed by atoms with Crippen LogP contribution in [-0.2, 0) is 9.59 Å². The molecule has 1 aromatic heterocycles. The molecule has 60 heavy (non-hydrogen) atoms. The van der Waals surface area contributed by atoms with E-state index in [1.807, 2.05) is 17.0 Å². The van der Waals surface area contributed by atoms with Crippen LogP contribution in [0.25, 0.3) is 0 Å². The van der Waals surface area contributed by atoms with Gasteiger partial charge in [-0.15, -0.1) is 10.2 Å². The monoisotopic (exact) mass is 837 g/mol. The van der Waals surface area contributed by atoms with E-state index in [1.54, 1.807) is 24.3 Å². The molecule has 2 N–H and O–H groups in total. The fraction of sp³-hybridized carbons (Fsp3) is 0.488. The summed E-state index contributed by atoms with van der Waals surface area (Å²) in [6.07, 6.45) is 7.10.